The fraction of sp³-hybridized carbons (Fsp3) is 0.414. The Hall–Kier alpha value is -3.71. The molecule has 4 atom stereocenters. The number of pyridine rings is 1. The average Bonchev–Trinajstić information content (AvgIpc) is 3.50. The molecule has 216 valence electrons. The van der Waals surface area contributed by atoms with Gasteiger partial charge in [-0.05, 0) is 31.9 Å². The number of aromatic nitrogens is 4. The molecule has 41 heavy (non-hydrogen) atoms. The van der Waals surface area contributed by atoms with E-state index in [9.17, 15) is 20.1 Å². The van der Waals surface area contributed by atoms with E-state index < -0.39 is 24.2 Å². The zero-order chi connectivity index (χ0) is 29.1. The first kappa shape index (κ1) is 28.8. The summed E-state index contributed by atoms with van der Waals surface area (Å²) in [4.78, 5) is 33.0. The third kappa shape index (κ3) is 6.30. The number of nitrogens with zero attached hydrogens (tertiary/aromatic N) is 5. The van der Waals surface area contributed by atoms with E-state index in [0.717, 1.165) is 21.5 Å². The Kier molecular flexibility index (Phi) is 8.74. The zero-order valence-corrected chi connectivity index (χ0v) is 24.1. The summed E-state index contributed by atoms with van der Waals surface area (Å²) in [6.45, 7) is 4.40. The Bertz CT molecular complexity index is 1520. The summed E-state index contributed by atoms with van der Waals surface area (Å²) >= 11 is 1.50. The number of hydrogen-bond acceptors (Lipinski definition) is 11. The lowest BCUT2D eigenvalue weighted by Gasteiger charge is -2.21. The van der Waals surface area contributed by atoms with Gasteiger partial charge in [0.2, 0.25) is 11.9 Å². The Morgan fingerprint density at radius 1 is 1.07 bits per heavy atom. The molecule has 1 aliphatic rings. The average molecular weight is 578 g/mol. The molecule has 0 bridgehead atoms. The molecule has 1 aromatic carbocycles. The Balaban J connectivity index is 1.37. The predicted molar refractivity (Wildman–Crippen MR) is 159 cm³/mol. The number of anilines is 2. The highest BCUT2D eigenvalue weighted by atomic mass is 32.1. The van der Waals surface area contributed by atoms with Gasteiger partial charge in [-0.15, -0.1) is 11.3 Å². The van der Waals surface area contributed by atoms with Gasteiger partial charge in [-0.2, -0.15) is 4.98 Å². The van der Waals surface area contributed by atoms with Crippen molar-refractivity contribution < 1.29 is 20.1 Å². The molecule has 0 aliphatic heterocycles. The van der Waals surface area contributed by atoms with Crippen molar-refractivity contribution >= 4 is 39.2 Å². The first-order valence-electron chi connectivity index (χ1n) is 13.6. The van der Waals surface area contributed by atoms with E-state index in [1.807, 2.05) is 50.2 Å². The zero-order valence-electron chi connectivity index (χ0n) is 23.3. The number of fused-ring (bicyclic) bond motifs is 1. The SMILES string of the molecule is Cc1nc(NCCC(=O)N(C)Cc2ccccc2)nc(N[C@@H]2C[C@H](CO)[C@@H](O)[C@H]2O)c1-c1nc2c(C)nccc2s1. The van der Waals surface area contributed by atoms with Crippen LogP contribution in [-0.2, 0) is 11.3 Å². The van der Waals surface area contributed by atoms with E-state index in [0.29, 0.717) is 47.5 Å². The smallest absolute Gasteiger partial charge is 0.224 e. The van der Waals surface area contributed by atoms with Crippen LogP contribution in [0.15, 0.2) is 42.6 Å². The highest BCUT2D eigenvalue weighted by Gasteiger charge is 2.41. The van der Waals surface area contributed by atoms with Crippen molar-refractivity contribution in [3.63, 3.8) is 0 Å². The lowest BCUT2D eigenvalue weighted by atomic mass is 10.1. The Morgan fingerprint density at radius 3 is 2.56 bits per heavy atom. The molecule has 0 radical (unpaired) electrons. The van der Waals surface area contributed by atoms with Crippen LogP contribution in [0.4, 0.5) is 11.8 Å². The third-order valence-electron chi connectivity index (χ3n) is 7.46. The number of hydrogen-bond donors (Lipinski definition) is 5. The number of carbonyl (C=O) groups excluding carboxylic acids is 1. The maximum atomic E-state index is 12.7. The monoisotopic (exact) mass is 577 g/mol. The van der Waals surface area contributed by atoms with Crippen molar-refractivity contribution in [2.75, 3.05) is 30.8 Å². The number of aliphatic hydroxyl groups excluding tert-OH is 3. The molecule has 12 heteroatoms. The lowest BCUT2D eigenvalue weighted by Crippen LogP contribution is -2.35. The van der Waals surface area contributed by atoms with Crippen LogP contribution < -0.4 is 10.6 Å². The van der Waals surface area contributed by atoms with Gasteiger partial charge in [0.1, 0.15) is 22.4 Å². The van der Waals surface area contributed by atoms with Gasteiger partial charge in [-0.3, -0.25) is 9.78 Å². The van der Waals surface area contributed by atoms with Crippen LogP contribution >= 0.6 is 11.3 Å². The Labute approximate surface area is 242 Å². The fourth-order valence-corrected chi connectivity index (χ4v) is 6.25. The first-order valence-corrected chi connectivity index (χ1v) is 14.4. The minimum absolute atomic E-state index is 0.00962. The van der Waals surface area contributed by atoms with Crippen molar-refractivity contribution in [2.24, 2.45) is 5.92 Å². The summed E-state index contributed by atoms with van der Waals surface area (Å²) in [5.74, 6) is 0.330. The van der Waals surface area contributed by atoms with E-state index in [-0.39, 0.29) is 18.9 Å². The van der Waals surface area contributed by atoms with Gasteiger partial charge >= 0.3 is 0 Å². The summed E-state index contributed by atoms with van der Waals surface area (Å²) in [5.41, 5.74) is 4.02. The number of aliphatic hydroxyl groups is 3. The highest BCUT2D eigenvalue weighted by Crippen LogP contribution is 2.38. The standard InChI is InChI=1S/C29H35N7O4S/c1-16-23(28-34-24-17(2)30-11-9-21(24)41-28)27(33-20-13-19(15-37)25(39)26(20)40)35-29(32-16)31-12-10-22(38)36(3)14-18-7-5-4-6-8-18/h4-9,11,19-20,25-26,37,39-40H,10,12-15H2,1-3H3,(H2,31,32,33,35)/t19-,20-,25-,26+/m1/s1. The second kappa shape index (κ2) is 12.4. The number of benzene rings is 1. The molecule has 0 spiro atoms. The van der Waals surface area contributed by atoms with Crippen LogP contribution in [0.25, 0.3) is 20.8 Å². The van der Waals surface area contributed by atoms with Crippen LogP contribution in [0.5, 0.6) is 0 Å². The minimum atomic E-state index is -1.08. The molecule has 1 amide bonds. The summed E-state index contributed by atoms with van der Waals surface area (Å²) in [5, 5.41) is 37.9. The van der Waals surface area contributed by atoms with E-state index in [1.165, 1.54) is 11.3 Å². The number of rotatable bonds is 10. The molecule has 3 heterocycles. The van der Waals surface area contributed by atoms with Crippen molar-refractivity contribution in [3.8, 4) is 10.6 Å². The largest absolute Gasteiger partial charge is 0.396 e. The minimum Gasteiger partial charge on any atom is -0.396 e. The summed E-state index contributed by atoms with van der Waals surface area (Å²) in [6.07, 6.45) is 0.253. The van der Waals surface area contributed by atoms with E-state index in [2.05, 4.69) is 20.6 Å². The summed E-state index contributed by atoms with van der Waals surface area (Å²) in [7, 11) is 1.78. The van der Waals surface area contributed by atoms with Gasteiger partial charge < -0.3 is 30.9 Å². The maximum absolute atomic E-state index is 12.7. The van der Waals surface area contributed by atoms with Crippen LogP contribution in [0, 0.1) is 19.8 Å². The van der Waals surface area contributed by atoms with Crippen LogP contribution in [0.2, 0.25) is 0 Å². The molecule has 1 saturated carbocycles. The second-order valence-corrected chi connectivity index (χ2v) is 11.5. The lowest BCUT2D eigenvalue weighted by molar-refractivity contribution is -0.130. The van der Waals surface area contributed by atoms with Gasteiger partial charge in [0.15, 0.2) is 0 Å². The van der Waals surface area contributed by atoms with E-state index >= 15 is 0 Å². The molecule has 0 saturated heterocycles. The number of aryl methyl sites for hydroxylation is 2. The number of carbonyl (C=O) groups is 1. The molecule has 4 aromatic rings. The van der Waals surface area contributed by atoms with Crippen molar-refractivity contribution in [3.05, 3.63) is 59.5 Å². The molecular formula is C29H35N7O4S. The van der Waals surface area contributed by atoms with Crippen molar-refractivity contribution in [1.82, 2.24) is 24.8 Å². The molecule has 3 aromatic heterocycles. The van der Waals surface area contributed by atoms with Crippen LogP contribution in [0.1, 0.15) is 29.8 Å². The second-order valence-electron chi connectivity index (χ2n) is 10.4. The van der Waals surface area contributed by atoms with Gasteiger partial charge in [0.05, 0.1) is 33.8 Å². The van der Waals surface area contributed by atoms with Gasteiger partial charge in [0, 0.05) is 45.3 Å². The molecular weight excluding hydrogens is 542 g/mol. The predicted octanol–water partition coefficient (Wildman–Crippen LogP) is 2.74. The number of nitrogens with one attached hydrogen (secondary N) is 2. The van der Waals surface area contributed by atoms with Crippen LogP contribution in [0.3, 0.4) is 0 Å². The molecule has 1 fully saturated rings. The summed E-state index contributed by atoms with van der Waals surface area (Å²) in [6, 6.07) is 11.2. The van der Waals surface area contributed by atoms with Gasteiger partial charge in [0.25, 0.3) is 0 Å². The maximum Gasteiger partial charge on any atom is 0.224 e. The fourth-order valence-electron chi connectivity index (χ4n) is 5.14. The molecule has 5 N–H and O–H groups in total. The summed E-state index contributed by atoms with van der Waals surface area (Å²) < 4.78 is 0.981. The van der Waals surface area contributed by atoms with E-state index in [1.54, 1.807) is 18.1 Å². The Morgan fingerprint density at radius 2 is 1.85 bits per heavy atom. The molecule has 0 unspecified atom stereocenters. The molecule has 1 aliphatic carbocycles. The highest BCUT2D eigenvalue weighted by molar-refractivity contribution is 7.21. The van der Waals surface area contributed by atoms with Gasteiger partial charge in [-0.25, -0.2) is 9.97 Å². The first-order chi connectivity index (χ1) is 19.7. The quantitative estimate of drug-likeness (QED) is 0.190. The van der Waals surface area contributed by atoms with E-state index in [4.69, 9.17) is 9.97 Å². The normalized spacial score (nSPS) is 20.3. The topological polar surface area (TPSA) is 157 Å². The number of thiazole rings is 1. The molecule has 5 rings (SSSR count). The van der Waals surface area contributed by atoms with Crippen molar-refractivity contribution in [2.45, 2.75) is 51.5 Å². The van der Waals surface area contributed by atoms with Gasteiger partial charge in [-0.1, -0.05) is 30.3 Å². The number of amides is 1. The molecule has 11 nitrogen and oxygen atoms in total. The van der Waals surface area contributed by atoms with Crippen molar-refractivity contribution in [1.29, 1.82) is 0 Å². The third-order valence-corrected chi connectivity index (χ3v) is 8.50. The van der Waals surface area contributed by atoms with Crippen LogP contribution in [-0.4, -0.2) is 84.5 Å².